The monoisotopic (exact) mass is 235 g/mol. The van der Waals surface area contributed by atoms with Gasteiger partial charge in [-0.15, -0.1) is 0 Å². The van der Waals surface area contributed by atoms with Gasteiger partial charge >= 0.3 is 0 Å². The van der Waals surface area contributed by atoms with Crippen LogP contribution in [-0.2, 0) is 0 Å². The lowest BCUT2D eigenvalue weighted by Crippen LogP contribution is -2.31. The van der Waals surface area contributed by atoms with E-state index in [0.717, 1.165) is 5.25 Å². The number of aryl methyl sites for hydroxylation is 1. The number of hydrogen-bond acceptors (Lipinski definition) is 2. The van der Waals surface area contributed by atoms with Crippen molar-refractivity contribution < 1.29 is 0 Å². The standard InChI is InChI=1S/C14H21NS/c1-10-4-6-13(7-5-10)12(3)15-14-8-11(2)16-9-14/h4-7,11-12,14-15H,8-9H2,1-3H3/t11?,12-,14?/m0/s1. The van der Waals surface area contributed by atoms with Gasteiger partial charge in [-0.3, -0.25) is 0 Å². The van der Waals surface area contributed by atoms with Gasteiger partial charge in [-0.2, -0.15) is 11.8 Å². The van der Waals surface area contributed by atoms with Crippen LogP contribution in [0.5, 0.6) is 0 Å². The van der Waals surface area contributed by atoms with Crippen LogP contribution in [-0.4, -0.2) is 17.0 Å². The van der Waals surface area contributed by atoms with E-state index in [1.807, 2.05) is 0 Å². The van der Waals surface area contributed by atoms with E-state index in [1.165, 1.54) is 23.3 Å². The van der Waals surface area contributed by atoms with Crippen molar-refractivity contribution in [2.75, 3.05) is 5.75 Å². The summed E-state index contributed by atoms with van der Waals surface area (Å²) in [6.07, 6.45) is 1.31. The van der Waals surface area contributed by atoms with Crippen LogP contribution >= 0.6 is 11.8 Å². The molecule has 1 aliphatic rings. The van der Waals surface area contributed by atoms with Gasteiger partial charge in [0.05, 0.1) is 0 Å². The van der Waals surface area contributed by atoms with Crippen LogP contribution in [0, 0.1) is 6.92 Å². The van der Waals surface area contributed by atoms with Gasteiger partial charge in [0.25, 0.3) is 0 Å². The molecule has 0 aromatic heterocycles. The molecule has 16 heavy (non-hydrogen) atoms. The van der Waals surface area contributed by atoms with E-state index < -0.39 is 0 Å². The third-order valence-electron chi connectivity index (χ3n) is 3.26. The first kappa shape index (κ1) is 12.0. The summed E-state index contributed by atoms with van der Waals surface area (Å²) in [4.78, 5) is 0. The largest absolute Gasteiger partial charge is 0.307 e. The molecule has 1 aromatic carbocycles. The molecule has 88 valence electrons. The lowest BCUT2D eigenvalue weighted by Gasteiger charge is -2.19. The Kier molecular flexibility index (Phi) is 3.93. The van der Waals surface area contributed by atoms with Gasteiger partial charge in [0.15, 0.2) is 0 Å². The van der Waals surface area contributed by atoms with Gasteiger partial charge in [0, 0.05) is 23.1 Å². The molecule has 2 rings (SSSR count). The van der Waals surface area contributed by atoms with E-state index in [4.69, 9.17) is 0 Å². The minimum atomic E-state index is 0.469. The molecule has 1 N–H and O–H groups in total. The number of benzene rings is 1. The van der Waals surface area contributed by atoms with E-state index >= 15 is 0 Å². The molecule has 0 bridgehead atoms. The van der Waals surface area contributed by atoms with Gasteiger partial charge in [-0.25, -0.2) is 0 Å². The van der Waals surface area contributed by atoms with Crippen LogP contribution in [0.4, 0.5) is 0 Å². The smallest absolute Gasteiger partial charge is 0.0294 e. The molecule has 2 heteroatoms. The number of rotatable bonds is 3. The molecule has 2 unspecified atom stereocenters. The third-order valence-corrected chi connectivity index (χ3v) is 4.62. The van der Waals surface area contributed by atoms with Crippen LogP contribution in [0.2, 0.25) is 0 Å². The third kappa shape index (κ3) is 3.02. The summed E-state index contributed by atoms with van der Waals surface area (Å²) in [5, 5.41) is 4.55. The Bertz CT molecular complexity index is 333. The predicted octanol–water partition coefficient (Wildman–Crippen LogP) is 3.54. The van der Waals surface area contributed by atoms with Crippen molar-refractivity contribution >= 4 is 11.8 Å². The predicted molar refractivity (Wildman–Crippen MR) is 73.1 cm³/mol. The Morgan fingerprint density at radius 2 is 2.00 bits per heavy atom. The van der Waals surface area contributed by atoms with Gasteiger partial charge in [-0.1, -0.05) is 36.8 Å². The summed E-state index contributed by atoms with van der Waals surface area (Å²) >= 11 is 2.08. The summed E-state index contributed by atoms with van der Waals surface area (Å²) in [5.41, 5.74) is 2.73. The highest BCUT2D eigenvalue weighted by Crippen LogP contribution is 2.27. The highest BCUT2D eigenvalue weighted by atomic mass is 32.2. The molecule has 3 atom stereocenters. The average molecular weight is 235 g/mol. The normalized spacial score (nSPS) is 26.9. The summed E-state index contributed by atoms with van der Waals surface area (Å²) in [6, 6.07) is 10.0. The molecule has 1 nitrogen and oxygen atoms in total. The van der Waals surface area contributed by atoms with Crippen molar-refractivity contribution in [2.24, 2.45) is 0 Å². The summed E-state index contributed by atoms with van der Waals surface area (Å²) in [7, 11) is 0. The van der Waals surface area contributed by atoms with Crippen LogP contribution < -0.4 is 5.32 Å². The summed E-state index contributed by atoms with van der Waals surface area (Å²) < 4.78 is 0. The fourth-order valence-electron chi connectivity index (χ4n) is 2.24. The molecule has 0 amide bonds. The Labute approximate surface area is 103 Å². The average Bonchev–Trinajstić information content (AvgIpc) is 2.65. The van der Waals surface area contributed by atoms with E-state index in [1.54, 1.807) is 0 Å². The van der Waals surface area contributed by atoms with Gasteiger partial charge in [-0.05, 0) is 25.8 Å². The topological polar surface area (TPSA) is 12.0 Å². The zero-order valence-corrected chi connectivity index (χ0v) is 11.2. The Hall–Kier alpha value is -0.470. The molecule has 1 aromatic rings. The number of nitrogens with one attached hydrogen (secondary N) is 1. The first-order valence-corrected chi connectivity index (χ1v) is 7.14. The van der Waals surface area contributed by atoms with E-state index in [2.05, 4.69) is 62.1 Å². The van der Waals surface area contributed by atoms with Crippen molar-refractivity contribution in [3.05, 3.63) is 35.4 Å². The first-order valence-electron chi connectivity index (χ1n) is 6.09. The SMILES string of the molecule is Cc1ccc([C@H](C)NC2CSC(C)C2)cc1. The van der Waals surface area contributed by atoms with Crippen LogP contribution in [0.25, 0.3) is 0 Å². The fourth-order valence-corrected chi connectivity index (χ4v) is 3.40. The molecule has 0 aliphatic carbocycles. The van der Waals surface area contributed by atoms with Crippen LogP contribution in [0.15, 0.2) is 24.3 Å². The molecular weight excluding hydrogens is 214 g/mol. The second kappa shape index (κ2) is 5.24. The molecular formula is C14H21NS. The van der Waals surface area contributed by atoms with Crippen molar-refractivity contribution in [3.8, 4) is 0 Å². The Morgan fingerprint density at radius 1 is 1.31 bits per heavy atom. The lowest BCUT2D eigenvalue weighted by atomic mass is 10.0. The van der Waals surface area contributed by atoms with Crippen LogP contribution in [0.3, 0.4) is 0 Å². The minimum Gasteiger partial charge on any atom is -0.307 e. The number of thioether (sulfide) groups is 1. The maximum absolute atomic E-state index is 3.72. The van der Waals surface area contributed by atoms with Crippen molar-refractivity contribution in [1.82, 2.24) is 5.32 Å². The Morgan fingerprint density at radius 3 is 2.56 bits per heavy atom. The quantitative estimate of drug-likeness (QED) is 0.860. The first-order chi connectivity index (χ1) is 7.65. The van der Waals surface area contributed by atoms with E-state index in [0.29, 0.717) is 12.1 Å². The fraction of sp³-hybridized carbons (Fsp3) is 0.571. The number of hydrogen-bond donors (Lipinski definition) is 1. The highest BCUT2D eigenvalue weighted by Gasteiger charge is 2.23. The van der Waals surface area contributed by atoms with Gasteiger partial charge in [0.2, 0.25) is 0 Å². The zero-order chi connectivity index (χ0) is 11.5. The maximum atomic E-state index is 3.72. The van der Waals surface area contributed by atoms with Crippen molar-refractivity contribution in [1.29, 1.82) is 0 Å². The Balaban J connectivity index is 1.92. The molecule has 0 radical (unpaired) electrons. The molecule has 1 heterocycles. The maximum Gasteiger partial charge on any atom is 0.0294 e. The van der Waals surface area contributed by atoms with Crippen LogP contribution in [0.1, 0.15) is 37.4 Å². The highest BCUT2D eigenvalue weighted by molar-refractivity contribution is 8.00. The molecule has 1 saturated heterocycles. The molecule has 0 saturated carbocycles. The van der Waals surface area contributed by atoms with Gasteiger partial charge < -0.3 is 5.32 Å². The zero-order valence-electron chi connectivity index (χ0n) is 10.4. The van der Waals surface area contributed by atoms with Crippen molar-refractivity contribution in [3.63, 3.8) is 0 Å². The van der Waals surface area contributed by atoms with Gasteiger partial charge in [0.1, 0.15) is 0 Å². The van der Waals surface area contributed by atoms with E-state index in [9.17, 15) is 0 Å². The molecule has 1 aliphatic heterocycles. The second-order valence-corrected chi connectivity index (χ2v) is 6.35. The second-order valence-electron chi connectivity index (χ2n) is 4.88. The summed E-state index contributed by atoms with van der Waals surface area (Å²) in [6.45, 7) is 6.72. The minimum absolute atomic E-state index is 0.469. The summed E-state index contributed by atoms with van der Waals surface area (Å²) in [5.74, 6) is 1.26. The van der Waals surface area contributed by atoms with Crippen molar-refractivity contribution in [2.45, 2.75) is 44.5 Å². The molecule has 1 fully saturated rings. The van der Waals surface area contributed by atoms with E-state index in [-0.39, 0.29) is 0 Å². The molecule has 0 spiro atoms. The lowest BCUT2D eigenvalue weighted by molar-refractivity contribution is 0.474.